The highest BCUT2D eigenvalue weighted by Crippen LogP contribution is 2.31. The van der Waals surface area contributed by atoms with E-state index in [0.717, 1.165) is 5.56 Å². The fraction of sp³-hybridized carbons (Fsp3) is 0.571. The van der Waals surface area contributed by atoms with E-state index in [-0.39, 0.29) is 17.8 Å². The Kier molecular flexibility index (Phi) is 4.63. The van der Waals surface area contributed by atoms with Crippen LogP contribution in [0.1, 0.15) is 5.56 Å². The first-order valence-electron chi connectivity index (χ1n) is 6.56. The molecule has 0 atom stereocenters. The largest absolute Gasteiger partial charge is 0.482 e. The Morgan fingerprint density at radius 3 is 2.62 bits per heavy atom. The fourth-order valence-electron chi connectivity index (χ4n) is 1.98. The van der Waals surface area contributed by atoms with E-state index in [9.17, 15) is 18.3 Å². The first kappa shape index (κ1) is 15.9. The summed E-state index contributed by atoms with van der Waals surface area (Å²) >= 11 is 0. The number of aryl methyl sites for hydroxylation is 1. The molecule has 0 saturated carbocycles. The third-order valence-electron chi connectivity index (χ3n) is 3.33. The first-order chi connectivity index (χ1) is 9.84. The molecule has 0 aliphatic carbocycles. The second kappa shape index (κ2) is 6.11. The van der Waals surface area contributed by atoms with Crippen LogP contribution < -0.4 is 10.1 Å². The Balaban J connectivity index is 2.04. The molecule has 1 aliphatic heterocycles. The smallest absolute Gasteiger partial charge is 0.422 e. The van der Waals surface area contributed by atoms with Gasteiger partial charge in [0.1, 0.15) is 5.75 Å². The van der Waals surface area contributed by atoms with Crippen molar-refractivity contribution in [3.63, 3.8) is 0 Å². The molecule has 0 radical (unpaired) electrons. The number of aliphatic hydroxyl groups is 1. The van der Waals surface area contributed by atoms with E-state index in [0.29, 0.717) is 25.4 Å². The SMILES string of the molecule is Cc1ccc(NCC2(CO)COC2)c(OCC(F)(F)F)c1. The van der Waals surface area contributed by atoms with Gasteiger partial charge < -0.3 is 19.9 Å². The molecule has 1 heterocycles. The highest BCUT2D eigenvalue weighted by atomic mass is 19.4. The molecule has 7 heteroatoms. The molecule has 0 bridgehead atoms. The van der Waals surface area contributed by atoms with E-state index < -0.39 is 12.8 Å². The van der Waals surface area contributed by atoms with Crippen LogP contribution in [0.15, 0.2) is 18.2 Å². The second-order valence-electron chi connectivity index (χ2n) is 5.41. The minimum atomic E-state index is -4.38. The average molecular weight is 305 g/mol. The molecule has 0 spiro atoms. The van der Waals surface area contributed by atoms with Gasteiger partial charge in [-0.05, 0) is 24.6 Å². The lowest BCUT2D eigenvalue weighted by Crippen LogP contribution is -2.50. The fourth-order valence-corrected chi connectivity index (χ4v) is 1.98. The van der Waals surface area contributed by atoms with Gasteiger partial charge in [-0.25, -0.2) is 0 Å². The molecule has 1 aliphatic rings. The lowest BCUT2D eigenvalue weighted by atomic mass is 9.87. The maximum atomic E-state index is 12.3. The molecule has 0 aromatic heterocycles. The number of benzene rings is 1. The van der Waals surface area contributed by atoms with Crippen molar-refractivity contribution in [3.8, 4) is 5.75 Å². The Labute approximate surface area is 120 Å². The predicted molar refractivity (Wildman–Crippen MR) is 71.6 cm³/mol. The minimum absolute atomic E-state index is 0.0371. The summed E-state index contributed by atoms with van der Waals surface area (Å²) in [6.45, 7) is 1.68. The second-order valence-corrected chi connectivity index (χ2v) is 5.41. The summed E-state index contributed by atoms with van der Waals surface area (Å²) < 4.78 is 46.7. The molecule has 4 nitrogen and oxygen atoms in total. The highest BCUT2D eigenvalue weighted by Gasteiger charge is 2.38. The maximum Gasteiger partial charge on any atom is 0.422 e. The van der Waals surface area contributed by atoms with E-state index >= 15 is 0 Å². The van der Waals surface area contributed by atoms with Crippen LogP contribution in [0.4, 0.5) is 18.9 Å². The van der Waals surface area contributed by atoms with Crippen LogP contribution in [0.3, 0.4) is 0 Å². The van der Waals surface area contributed by atoms with Gasteiger partial charge in [0.25, 0.3) is 0 Å². The lowest BCUT2D eigenvalue weighted by molar-refractivity contribution is -0.153. The molecule has 0 amide bonds. The van der Waals surface area contributed by atoms with E-state index in [1.54, 1.807) is 25.1 Å². The third kappa shape index (κ3) is 4.25. The van der Waals surface area contributed by atoms with E-state index in [2.05, 4.69) is 5.32 Å². The van der Waals surface area contributed by atoms with Gasteiger partial charge in [-0.15, -0.1) is 0 Å². The standard InChI is InChI=1S/C14H18F3NO3/c1-10-2-3-11(12(4-10)21-9-14(15,16)17)18-5-13(6-19)7-20-8-13/h2-4,18-19H,5-9H2,1H3. The predicted octanol–water partition coefficient (Wildman–Crippen LogP) is 2.36. The number of alkyl halides is 3. The van der Waals surface area contributed by atoms with Crippen LogP contribution >= 0.6 is 0 Å². The molecule has 0 unspecified atom stereocenters. The van der Waals surface area contributed by atoms with Crippen molar-refractivity contribution < 1.29 is 27.8 Å². The molecule has 21 heavy (non-hydrogen) atoms. The van der Waals surface area contributed by atoms with Crippen molar-refractivity contribution in [2.45, 2.75) is 13.1 Å². The van der Waals surface area contributed by atoms with Gasteiger partial charge in [0.2, 0.25) is 0 Å². The summed E-state index contributed by atoms with van der Waals surface area (Å²) in [5.41, 5.74) is 0.915. The van der Waals surface area contributed by atoms with Crippen LogP contribution in [-0.4, -0.2) is 44.3 Å². The van der Waals surface area contributed by atoms with Gasteiger partial charge in [0.05, 0.1) is 30.9 Å². The van der Waals surface area contributed by atoms with Crippen molar-refractivity contribution in [2.24, 2.45) is 5.41 Å². The Bertz CT molecular complexity index is 481. The molecule has 1 aromatic rings. The zero-order chi connectivity index (χ0) is 15.5. The summed E-state index contributed by atoms with van der Waals surface area (Å²) in [4.78, 5) is 0. The summed E-state index contributed by atoms with van der Waals surface area (Å²) in [5.74, 6) is 0.153. The number of rotatable bonds is 6. The lowest BCUT2D eigenvalue weighted by Gasteiger charge is -2.40. The van der Waals surface area contributed by atoms with Crippen LogP contribution in [0.25, 0.3) is 0 Å². The van der Waals surface area contributed by atoms with Gasteiger partial charge >= 0.3 is 6.18 Å². The molecule has 1 fully saturated rings. The monoisotopic (exact) mass is 305 g/mol. The number of ether oxygens (including phenoxy) is 2. The maximum absolute atomic E-state index is 12.3. The van der Waals surface area contributed by atoms with Crippen LogP contribution in [0.5, 0.6) is 5.75 Å². The average Bonchev–Trinajstić information content (AvgIpc) is 2.36. The van der Waals surface area contributed by atoms with Gasteiger partial charge in [-0.2, -0.15) is 13.2 Å². The van der Waals surface area contributed by atoms with Gasteiger partial charge in [0.15, 0.2) is 6.61 Å². The Morgan fingerprint density at radius 1 is 1.38 bits per heavy atom. The minimum Gasteiger partial charge on any atom is -0.482 e. The van der Waals surface area contributed by atoms with Crippen LogP contribution in [0.2, 0.25) is 0 Å². The summed E-state index contributed by atoms with van der Waals surface area (Å²) in [5, 5.41) is 12.4. The van der Waals surface area contributed by atoms with E-state index in [1.165, 1.54) is 0 Å². The van der Waals surface area contributed by atoms with E-state index in [1.807, 2.05) is 0 Å². The number of halogens is 3. The number of hydrogen-bond donors (Lipinski definition) is 2. The van der Waals surface area contributed by atoms with Crippen molar-refractivity contribution in [2.75, 3.05) is 38.3 Å². The number of hydrogen-bond acceptors (Lipinski definition) is 4. The summed E-state index contributed by atoms with van der Waals surface area (Å²) in [6, 6.07) is 5.01. The van der Waals surface area contributed by atoms with Crippen molar-refractivity contribution in [1.82, 2.24) is 0 Å². The Hall–Kier alpha value is -1.47. The number of anilines is 1. The van der Waals surface area contributed by atoms with Gasteiger partial charge in [0, 0.05) is 6.54 Å². The molecular weight excluding hydrogens is 287 g/mol. The zero-order valence-corrected chi connectivity index (χ0v) is 11.7. The van der Waals surface area contributed by atoms with Crippen molar-refractivity contribution >= 4 is 5.69 Å². The molecule has 1 aromatic carbocycles. The zero-order valence-electron chi connectivity index (χ0n) is 11.7. The molecule has 1 saturated heterocycles. The quantitative estimate of drug-likeness (QED) is 0.847. The summed E-state index contributed by atoms with van der Waals surface area (Å²) in [7, 11) is 0. The topological polar surface area (TPSA) is 50.7 Å². The molecule has 2 N–H and O–H groups in total. The van der Waals surface area contributed by atoms with E-state index in [4.69, 9.17) is 9.47 Å². The third-order valence-corrected chi connectivity index (χ3v) is 3.33. The highest BCUT2D eigenvalue weighted by molar-refractivity contribution is 5.57. The van der Waals surface area contributed by atoms with Crippen molar-refractivity contribution in [1.29, 1.82) is 0 Å². The van der Waals surface area contributed by atoms with Crippen molar-refractivity contribution in [3.05, 3.63) is 23.8 Å². The Morgan fingerprint density at radius 2 is 2.10 bits per heavy atom. The molecule has 118 valence electrons. The number of nitrogens with one attached hydrogen (secondary N) is 1. The summed E-state index contributed by atoms with van der Waals surface area (Å²) in [6.07, 6.45) is -4.38. The van der Waals surface area contributed by atoms with Gasteiger partial charge in [-0.3, -0.25) is 0 Å². The van der Waals surface area contributed by atoms with Crippen LogP contribution in [-0.2, 0) is 4.74 Å². The molecular formula is C14H18F3NO3. The first-order valence-corrected chi connectivity index (χ1v) is 6.56. The molecule has 2 rings (SSSR count). The van der Waals surface area contributed by atoms with Gasteiger partial charge in [-0.1, -0.05) is 6.07 Å². The normalized spacial score (nSPS) is 17.2. The van der Waals surface area contributed by atoms with Crippen LogP contribution in [0, 0.1) is 12.3 Å². The number of aliphatic hydroxyl groups excluding tert-OH is 1.